The van der Waals surface area contributed by atoms with Crippen molar-refractivity contribution in [1.29, 1.82) is 0 Å². The molecule has 0 saturated carbocycles. The second-order valence-electron chi connectivity index (χ2n) is 4.91. The van der Waals surface area contributed by atoms with Gasteiger partial charge in [0.1, 0.15) is 17.8 Å². The Labute approximate surface area is 129 Å². The van der Waals surface area contributed by atoms with E-state index in [1.165, 1.54) is 21.2 Å². The van der Waals surface area contributed by atoms with Crippen molar-refractivity contribution in [1.82, 2.24) is 0 Å². The third kappa shape index (κ3) is 3.40. The van der Waals surface area contributed by atoms with Crippen molar-refractivity contribution in [2.75, 3.05) is 6.26 Å². The van der Waals surface area contributed by atoms with Gasteiger partial charge in [0.05, 0.1) is 0 Å². The van der Waals surface area contributed by atoms with Gasteiger partial charge >= 0.3 is 0 Å². The lowest BCUT2D eigenvalue weighted by atomic mass is 10.1. The highest BCUT2D eigenvalue weighted by atomic mass is 32.2. The largest absolute Gasteiger partial charge is 0.508 e. The van der Waals surface area contributed by atoms with Crippen LogP contribution in [-0.2, 0) is 16.6 Å². The van der Waals surface area contributed by atoms with Crippen LogP contribution >= 0.6 is 0 Å². The summed E-state index contributed by atoms with van der Waals surface area (Å²) in [7, 11) is 0.140. The molecule has 0 aliphatic carbocycles. The molecule has 3 aromatic carbocycles. The Kier molecular flexibility index (Phi) is 4.92. The van der Waals surface area contributed by atoms with E-state index in [9.17, 15) is 5.11 Å². The maximum absolute atomic E-state index is 9.37. The molecular formula is C19H21OS+. The highest BCUT2D eigenvalue weighted by molar-refractivity contribution is 7.95. The first-order valence-corrected chi connectivity index (χ1v) is 8.42. The van der Waals surface area contributed by atoms with Crippen LogP contribution in [0.25, 0.3) is 10.8 Å². The predicted octanol–water partition coefficient (Wildman–Crippen LogP) is 4.99. The van der Waals surface area contributed by atoms with Gasteiger partial charge in [0, 0.05) is 16.5 Å². The van der Waals surface area contributed by atoms with Crippen molar-refractivity contribution in [2.45, 2.75) is 18.1 Å². The summed E-state index contributed by atoms with van der Waals surface area (Å²) >= 11 is 0. The van der Waals surface area contributed by atoms with Crippen LogP contribution in [-0.4, -0.2) is 11.4 Å². The quantitative estimate of drug-likeness (QED) is 0.675. The van der Waals surface area contributed by atoms with Gasteiger partial charge in [-0.1, -0.05) is 49.9 Å². The van der Waals surface area contributed by atoms with Crippen molar-refractivity contribution in [3.8, 4) is 5.75 Å². The first-order chi connectivity index (χ1) is 9.74. The summed E-state index contributed by atoms with van der Waals surface area (Å²) in [6, 6.07) is 22.6. The molecule has 0 bridgehead atoms. The van der Waals surface area contributed by atoms with E-state index in [-0.39, 0.29) is 18.3 Å². The molecule has 0 saturated heterocycles. The minimum Gasteiger partial charge on any atom is -0.508 e. The predicted molar refractivity (Wildman–Crippen MR) is 94.0 cm³/mol. The molecule has 1 N–H and O–H groups in total. The van der Waals surface area contributed by atoms with Gasteiger partial charge in [-0.3, -0.25) is 0 Å². The molecule has 0 aromatic heterocycles. The number of phenols is 1. The van der Waals surface area contributed by atoms with E-state index >= 15 is 0 Å². The Hall–Kier alpha value is -1.93. The molecule has 1 unspecified atom stereocenters. The van der Waals surface area contributed by atoms with Crippen LogP contribution in [0.1, 0.15) is 13.0 Å². The fourth-order valence-electron chi connectivity index (χ4n) is 2.41. The van der Waals surface area contributed by atoms with Crippen LogP contribution in [0.5, 0.6) is 5.75 Å². The molecule has 0 fully saturated rings. The van der Waals surface area contributed by atoms with Gasteiger partial charge in [-0.15, -0.1) is 0 Å². The number of aromatic hydroxyl groups is 1. The van der Waals surface area contributed by atoms with Gasteiger partial charge in [-0.05, 0) is 35.0 Å². The zero-order valence-electron chi connectivity index (χ0n) is 11.4. The number of fused-ring (bicyclic) bond motifs is 1. The Morgan fingerprint density at radius 3 is 2.29 bits per heavy atom. The molecule has 1 atom stereocenters. The van der Waals surface area contributed by atoms with Gasteiger partial charge in [-0.2, -0.15) is 0 Å². The maximum Gasteiger partial charge on any atom is 0.155 e. The van der Waals surface area contributed by atoms with Crippen molar-refractivity contribution < 1.29 is 5.11 Å². The minimum atomic E-state index is 0. The number of hydrogen-bond acceptors (Lipinski definition) is 1. The Balaban J connectivity index is 0.00000161. The molecule has 3 rings (SSSR count). The standard InChI is InChI=1S/C18H16OS.CH4/c1-20(17-11-9-16(19)10-12-17)13-15-7-4-6-14-5-2-3-8-18(14)15;/h2-12H,13H2,1H3;1H4/p+1. The molecule has 3 aromatic rings. The second kappa shape index (κ2) is 6.68. The highest BCUT2D eigenvalue weighted by Crippen LogP contribution is 2.24. The van der Waals surface area contributed by atoms with Gasteiger partial charge in [0.15, 0.2) is 4.90 Å². The molecule has 0 aliphatic rings. The summed E-state index contributed by atoms with van der Waals surface area (Å²) < 4.78 is 0. The van der Waals surface area contributed by atoms with Crippen LogP contribution in [0.15, 0.2) is 71.6 Å². The van der Waals surface area contributed by atoms with Gasteiger partial charge < -0.3 is 5.11 Å². The number of rotatable bonds is 3. The summed E-state index contributed by atoms with van der Waals surface area (Å²) in [5.41, 5.74) is 1.39. The first kappa shape index (κ1) is 15.5. The van der Waals surface area contributed by atoms with Crippen molar-refractivity contribution in [3.63, 3.8) is 0 Å². The van der Waals surface area contributed by atoms with Crippen LogP contribution in [0.4, 0.5) is 0 Å². The SMILES string of the molecule is C.C[S+](Cc1cccc2ccccc12)c1ccc(O)cc1. The zero-order chi connectivity index (χ0) is 13.9. The summed E-state index contributed by atoms with van der Waals surface area (Å²) in [5.74, 6) is 1.36. The van der Waals surface area contributed by atoms with Crippen LogP contribution < -0.4 is 0 Å². The smallest absolute Gasteiger partial charge is 0.155 e. The topological polar surface area (TPSA) is 20.2 Å². The molecule has 0 aliphatic heterocycles. The number of phenolic OH excluding ortho intramolecular Hbond substituents is 1. The Morgan fingerprint density at radius 2 is 1.52 bits per heavy atom. The highest BCUT2D eigenvalue weighted by Gasteiger charge is 2.17. The van der Waals surface area contributed by atoms with E-state index in [4.69, 9.17) is 0 Å². The molecule has 2 heteroatoms. The average molecular weight is 297 g/mol. The van der Waals surface area contributed by atoms with Gasteiger partial charge in [0.25, 0.3) is 0 Å². The molecule has 0 heterocycles. The van der Waals surface area contributed by atoms with Crippen molar-refractivity contribution >= 4 is 21.7 Å². The minimum absolute atomic E-state index is 0. The lowest BCUT2D eigenvalue weighted by Crippen LogP contribution is -2.04. The molecule has 0 radical (unpaired) electrons. The summed E-state index contributed by atoms with van der Waals surface area (Å²) in [6.45, 7) is 0. The van der Waals surface area contributed by atoms with Crippen LogP contribution in [0, 0.1) is 0 Å². The molecule has 1 nitrogen and oxygen atoms in total. The zero-order valence-corrected chi connectivity index (χ0v) is 12.2. The van der Waals surface area contributed by atoms with E-state index < -0.39 is 0 Å². The van der Waals surface area contributed by atoms with Crippen LogP contribution in [0.2, 0.25) is 0 Å². The summed E-state index contributed by atoms with van der Waals surface area (Å²) in [6.07, 6.45) is 2.26. The fourth-order valence-corrected chi connectivity index (χ4v) is 3.90. The maximum atomic E-state index is 9.37. The molecule has 108 valence electrons. The average Bonchev–Trinajstić information content (AvgIpc) is 2.48. The normalized spacial score (nSPS) is 11.9. The van der Waals surface area contributed by atoms with Crippen molar-refractivity contribution in [2.24, 2.45) is 0 Å². The summed E-state index contributed by atoms with van der Waals surface area (Å²) in [4.78, 5) is 1.29. The molecule has 21 heavy (non-hydrogen) atoms. The van der Waals surface area contributed by atoms with Crippen LogP contribution in [0.3, 0.4) is 0 Å². The van der Waals surface area contributed by atoms with Crippen molar-refractivity contribution in [3.05, 3.63) is 72.3 Å². The van der Waals surface area contributed by atoms with E-state index in [1.54, 1.807) is 12.1 Å². The van der Waals surface area contributed by atoms with E-state index in [0.29, 0.717) is 5.75 Å². The third-order valence-electron chi connectivity index (χ3n) is 3.49. The van der Waals surface area contributed by atoms with E-state index in [1.807, 2.05) is 12.1 Å². The molecule has 0 spiro atoms. The van der Waals surface area contributed by atoms with Gasteiger partial charge in [0.2, 0.25) is 0 Å². The fraction of sp³-hybridized carbons (Fsp3) is 0.158. The summed E-state index contributed by atoms with van der Waals surface area (Å²) in [5, 5.41) is 12.0. The lowest BCUT2D eigenvalue weighted by molar-refractivity contribution is 0.475. The number of benzene rings is 3. The van der Waals surface area contributed by atoms with E-state index in [0.717, 1.165) is 5.75 Å². The Bertz CT molecular complexity index is 714. The molecule has 0 amide bonds. The monoisotopic (exact) mass is 297 g/mol. The first-order valence-electron chi connectivity index (χ1n) is 6.62. The van der Waals surface area contributed by atoms with E-state index in [2.05, 4.69) is 48.7 Å². The molecular weight excluding hydrogens is 276 g/mol. The van der Waals surface area contributed by atoms with Gasteiger partial charge in [-0.25, -0.2) is 0 Å². The third-order valence-corrected chi connectivity index (χ3v) is 5.31. The lowest BCUT2D eigenvalue weighted by Gasteiger charge is -2.07. The number of hydrogen-bond donors (Lipinski definition) is 1. The second-order valence-corrected chi connectivity index (χ2v) is 6.95. The Morgan fingerprint density at radius 1 is 0.857 bits per heavy atom.